The third kappa shape index (κ3) is 3.38. The summed E-state index contributed by atoms with van der Waals surface area (Å²) in [6, 6.07) is 9.32. The molecule has 0 fully saturated rings. The lowest BCUT2D eigenvalue weighted by Crippen LogP contribution is -2.04. The van der Waals surface area contributed by atoms with Gasteiger partial charge < -0.3 is 15.2 Å². The Kier molecular flexibility index (Phi) is 4.40. The van der Waals surface area contributed by atoms with Crippen LogP contribution in [0.15, 0.2) is 36.4 Å². The van der Waals surface area contributed by atoms with E-state index in [-0.39, 0.29) is 18.0 Å². The highest BCUT2D eigenvalue weighted by Crippen LogP contribution is 2.23. The molecular weight excluding hydrogens is 264 g/mol. The summed E-state index contributed by atoms with van der Waals surface area (Å²) < 4.78 is 37.0. The largest absolute Gasteiger partial charge is 0.497 e. The van der Waals surface area contributed by atoms with Gasteiger partial charge in [0.2, 0.25) is 0 Å². The van der Waals surface area contributed by atoms with E-state index in [0.717, 1.165) is 23.4 Å². The van der Waals surface area contributed by atoms with Crippen LogP contribution in [0.25, 0.3) is 0 Å². The Labute approximate surface area is 115 Å². The van der Waals surface area contributed by atoms with Crippen molar-refractivity contribution in [1.82, 2.24) is 0 Å². The summed E-state index contributed by atoms with van der Waals surface area (Å²) in [4.78, 5) is 0. The molecule has 0 saturated heterocycles. The third-order valence-corrected chi connectivity index (χ3v) is 2.86. The van der Waals surface area contributed by atoms with E-state index in [4.69, 9.17) is 15.2 Å². The molecule has 2 N–H and O–H groups in total. The minimum atomic E-state index is -0.689. The van der Waals surface area contributed by atoms with Gasteiger partial charge in [0.15, 0.2) is 11.6 Å². The Morgan fingerprint density at radius 2 is 1.75 bits per heavy atom. The molecule has 106 valence electrons. The second-order valence-corrected chi connectivity index (χ2v) is 4.25. The SMILES string of the molecule is COc1ccc(CCOc2cc(F)c(N)cc2F)cc1. The fourth-order valence-corrected chi connectivity index (χ4v) is 1.73. The number of nitrogen functional groups attached to an aromatic ring is 1. The van der Waals surface area contributed by atoms with Crippen LogP contribution in [0.2, 0.25) is 0 Å². The van der Waals surface area contributed by atoms with Gasteiger partial charge in [0.25, 0.3) is 0 Å². The Morgan fingerprint density at radius 1 is 1.05 bits per heavy atom. The normalized spacial score (nSPS) is 10.3. The van der Waals surface area contributed by atoms with Crippen LogP contribution in [0, 0.1) is 11.6 Å². The van der Waals surface area contributed by atoms with Gasteiger partial charge >= 0.3 is 0 Å². The molecule has 2 aromatic rings. The van der Waals surface area contributed by atoms with Gasteiger partial charge in [-0.2, -0.15) is 0 Å². The van der Waals surface area contributed by atoms with Crippen molar-refractivity contribution in [3.05, 3.63) is 53.6 Å². The molecule has 0 bridgehead atoms. The molecule has 0 heterocycles. The number of anilines is 1. The monoisotopic (exact) mass is 279 g/mol. The third-order valence-electron chi connectivity index (χ3n) is 2.86. The van der Waals surface area contributed by atoms with Gasteiger partial charge in [-0.1, -0.05) is 12.1 Å². The molecule has 2 aromatic carbocycles. The molecular formula is C15H15F2NO2. The first-order valence-electron chi connectivity index (χ1n) is 6.10. The van der Waals surface area contributed by atoms with E-state index in [1.807, 2.05) is 24.3 Å². The van der Waals surface area contributed by atoms with Crippen molar-refractivity contribution in [2.75, 3.05) is 19.5 Å². The lowest BCUT2D eigenvalue weighted by molar-refractivity contribution is 0.303. The molecule has 0 aliphatic rings. The van der Waals surface area contributed by atoms with Gasteiger partial charge in [-0.05, 0) is 17.7 Å². The van der Waals surface area contributed by atoms with Crippen molar-refractivity contribution in [2.45, 2.75) is 6.42 Å². The highest BCUT2D eigenvalue weighted by atomic mass is 19.1. The van der Waals surface area contributed by atoms with E-state index in [9.17, 15) is 8.78 Å². The van der Waals surface area contributed by atoms with Crippen molar-refractivity contribution >= 4 is 5.69 Å². The van der Waals surface area contributed by atoms with Crippen molar-refractivity contribution in [2.24, 2.45) is 0 Å². The average molecular weight is 279 g/mol. The number of nitrogens with two attached hydrogens (primary N) is 1. The zero-order chi connectivity index (χ0) is 14.5. The summed E-state index contributed by atoms with van der Waals surface area (Å²) in [6.45, 7) is 0.243. The van der Waals surface area contributed by atoms with E-state index in [0.29, 0.717) is 6.42 Å². The van der Waals surface area contributed by atoms with Crippen LogP contribution in [0.4, 0.5) is 14.5 Å². The summed E-state index contributed by atoms with van der Waals surface area (Å²) in [5, 5.41) is 0. The quantitative estimate of drug-likeness (QED) is 0.855. The van der Waals surface area contributed by atoms with E-state index < -0.39 is 11.6 Å². The van der Waals surface area contributed by atoms with Crippen molar-refractivity contribution < 1.29 is 18.3 Å². The molecule has 0 saturated carbocycles. The number of methoxy groups -OCH3 is 1. The fraction of sp³-hybridized carbons (Fsp3) is 0.200. The number of ether oxygens (including phenoxy) is 2. The van der Waals surface area contributed by atoms with Crippen LogP contribution in [-0.2, 0) is 6.42 Å². The minimum Gasteiger partial charge on any atom is -0.497 e. The van der Waals surface area contributed by atoms with E-state index in [1.165, 1.54) is 0 Å². The average Bonchev–Trinajstić information content (AvgIpc) is 2.45. The zero-order valence-electron chi connectivity index (χ0n) is 11.0. The zero-order valence-corrected chi connectivity index (χ0v) is 11.0. The maximum absolute atomic E-state index is 13.5. The molecule has 0 aromatic heterocycles. The Bertz CT molecular complexity index is 585. The van der Waals surface area contributed by atoms with Crippen molar-refractivity contribution in [1.29, 1.82) is 0 Å². The topological polar surface area (TPSA) is 44.5 Å². The second-order valence-electron chi connectivity index (χ2n) is 4.25. The molecule has 0 aliphatic carbocycles. The van der Waals surface area contributed by atoms with Crippen molar-refractivity contribution in [3.63, 3.8) is 0 Å². The van der Waals surface area contributed by atoms with Crippen LogP contribution in [0.1, 0.15) is 5.56 Å². The number of rotatable bonds is 5. The molecule has 0 amide bonds. The molecule has 2 rings (SSSR count). The van der Waals surface area contributed by atoms with Gasteiger partial charge in [-0.3, -0.25) is 0 Å². The molecule has 20 heavy (non-hydrogen) atoms. The van der Waals surface area contributed by atoms with Gasteiger partial charge in [-0.15, -0.1) is 0 Å². The summed E-state index contributed by atoms with van der Waals surface area (Å²) >= 11 is 0. The Hall–Kier alpha value is -2.30. The first-order valence-corrected chi connectivity index (χ1v) is 6.10. The van der Waals surface area contributed by atoms with Crippen LogP contribution >= 0.6 is 0 Å². The van der Waals surface area contributed by atoms with Gasteiger partial charge in [-0.25, -0.2) is 8.78 Å². The van der Waals surface area contributed by atoms with E-state index in [2.05, 4.69) is 0 Å². The predicted octanol–water partition coefficient (Wildman–Crippen LogP) is 3.18. The standard InChI is InChI=1S/C15H15F2NO2/c1-19-11-4-2-10(3-5-11)6-7-20-15-9-12(16)14(18)8-13(15)17/h2-5,8-9H,6-7,18H2,1H3. The molecule has 0 unspecified atom stereocenters. The number of hydrogen-bond acceptors (Lipinski definition) is 3. The lowest BCUT2D eigenvalue weighted by Gasteiger charge is -2.09. The Balaban J connectivity index is 1.94. The van der Waals surface area contributed by atoms with Gasteiger partial charge in [0.1, 0.15) is 11.6 Å². The highest BCUT2D eigenvalue weighted by molar-refractivity contribution is 5.44. The summed E-state index contributed by atoms with van der Waals surface area (Å²) in [5.41, 5.74) is 6.04. The number of halogens is 2. The number of hydrogen-bond donors (Lipinski definition) is 1. The first-order chi connectivity index (χ1) is 9.60. The predicted molar refractivity (Wildman–Crippen MR) is 73.0 cm³/mol. The molecule has 3 nitrogen and oxygen atoms in total. The van der Waals surface area contributed by atoms with E-state index >= 15 is 0 Å². The maximum atomic E-state index is 13.5. The van der Waals surface area contributed by atoms with Crippen LogP contribution < -0.4 is 15.2 Å². The summed E-state index contributed by atoms with van der Waals surface area (Å²) in [7, 11) is 1.59. The number of benzene rings is 2. The first kappa shape index (κ1) is 14.1. The maximum Gasteiger partial charge on any atom is 0.167 e. The molecule has 0 radical (unpaired) electrons. The van der Waals surface area contributed by atoms with Crippen LogP contribution in [0.3, 0.4) is 0 Å². The summed E-state index contributed by atoms with van der Waals surface area (Å²) in [6.07, 6.45) is 0.579. The molecule has 0 aliphatic heterocycles. The summed E-state index contributed by atoms with van der Waals surface area (Å²) in [5.74, 6) is -0.726. The smallest absolute Gasteiger partial charge is 0.167 e. The van der Waals surface area contributed by atoms with Crippen LogP contribution in [-0.4, -0.2) is 13.7 Å². The highest BCUT2D eigenvalue weighted by Gasteiger charge is 2.08. The van der Waals surface area contributed by atoms with Gasteiger partial charge in [0, 0.05) is 18.6 Å². The molecule has 5 heteroatoms. The van der Waals surface area contributed by atoms with E-state index in [1.54, 1.807) is 7.11 Å². The Morgan fingerprint density at radius 3 is 2.40 bits per heavy atom. The molecule has 0 spiro atoms. The van der Waals surface area contributed by atoms with Gasteiger partial charge in [0.05, 0.1) is 19.4 Å². The fourth-order valence-electron chi connectivity index (χ4n) is 1.73. The van der Waals surface area contributed by atoms with Crippen molar-refractivity contribution in [3.8, 4) is 11.5 Å². The molecule has 0 atom stereocenters. The lowest BCUT2D eigenvalue weighted by atomic mass is 10.1. The van der Waals surface area contributed by atoms with Crippen LogP contribution in [0.5, 0.6) is 11.5 Å². The second kappa shape index (κ2) is 6.23. The minimum absolute atomic E-state index is 0.134.